The Morgan fingerprint density at radius 1 is 0.667 bits per heavy atom. The summed E-state index contributed by atoms with van der Waals surface area (Å²) < 4.78 is 0. The second-order valence-electron chi connectivity index (χ2n) is 5.21. The van der Waals surface area contributed by atoms with Crippen molar-refractivity contribution >= 4 is 5.57 Å². The number of hydrogen-bond donors (Lipinski definition) is 0. The molecule has 0 heteroatoms. The summed E-state index contributed by atoms with van der Waals surface area (Å²) in [6, 6.07) is 17.8. The van der Waals surface area contributed by atoms with Gasteiger partial charge in [0.1, 0.15) is 0 Å². The standard InChI is InChI=1S/C18H18/c1-13-3-7-15(8-4-13)18(17-11-12-17)16-9-5-14(2)6-10-16/h3-10H,11-12H2,1-2H3. The molecule has 0 spiro atoms. The zero-order valence-electron chi connectivity index (χ0n) is 11.0. The highest BCUT2D eigenvalue weighted by molar-refractivity contribution is 5.84. The maximum atomic E-state index is 2.25. The van der Waals surface area contributed by atoms with Gasteiger partial charge in [-0.1, -0.05) is 65.2 Å². The molecule has 2 aromatic rings. The van der Waals surface area contributed by atoms with E-state index in [2.05, 4.69) is 62.4 Å². The lowest BCUT2D eigenvalue weighted by molar-refractivity contribution is 1.42. The number of allylic oxidation sites excluding steroid dienone is 1. The van der Waals surface area contributed by atoms with Crippen LogP contribution in [0.3, 0.4) is 0 Å². The summed E-state index contributed by atoms with van der Waals surface area (Å²) in [5.41, 5.74) is 8.41. The molecule has 0 saturated heterocycles. The zero-order chi connectivity index (χ0) is 12.5. The van der Waals surface area contributed by atoms with Crippen LogP contribution in [0, 0.1) is 13.8 Å². The lowest BCUT2D eigenvalue weighted by Gasteiger charge is -2.09. The quantitative estimate of drug-likeness (QED) is 0.693. The van der Waals surface area contributed by atoms with Crippen molar-refractivity contribution in [1.82, 2.24) is 0 Å². The van der Waals surface area contributed by atoms with E-state index in [9.17, 15) is 0 Å². The van der Waals surface area contributed by atoms with E-state index in [4.69, 9.17) is 0 Å². The van der Waals surface area contributed by atoms with Gasteiger partial charge in [0.25, 0.3) is 0 Å². The molecule has 0 heterocycles. The highest BCUT2D eigenvalue weighted by Gasteiger charge is 2.19. The highest BCUT2D eigenvalue weighted by atomic mass is 14.2. The van der Waals surface area contributed by atoms with Crippen LogP contribution in [0.5, 0.6) is 0 Å². The van der Waals surface area contributed by atoms with Crippen LogP contribution in [0.2, 0.25) is 0 Å². The third-order valence-electron chi connectivity index (χ3n) is 3.53. The molecule has 0 aliphatic heterocycles. The van der Waals surface area contributed by atoms with Crippen molar-refractivity contribution in [2.24, 2.45) is 0 Å². The minimum atomic E-state index is 1.26. The molecular formula is C18H18. The molecule has 0 unspecified atom stereocenters. The second-order valence-corrected chi connectivity index (χ2v) is 5.21. The fourth-order valence-electron chi connectivity index (χ4n) is 2.33. The predicted octanol–water partition coefficient (Wildman–Crippen LogP) is 4.90. The SMILES string of the molecule is Cc1ccc(C(=C2CC2)c2ccc(C)cc2)cc1. The van der Waals surface area contributed by atoms with E-state index >= 15 is 0 Å². The Balaban J connectivity index is 2.07. The molecule has 1 aliphatic rings. The summed E-state index contributed by atoms with van der Waals surface area (Å²) in [7, 11) is 0. The second kappa shape index (κ2) is 4.45. The first kappa shape index (κ1) is 11.3. The molecule has 18 heavy (non-hydrogen) atoms. The summed E-state index contributed by atoms with van der Waals surface area (Å²) >= 11 is 0. The van der Waals surface area contributed by atoms with E-state index in [-0.39, 0.29) is 0 Å². The Kier molecular flexibility index (Phi) is 2.79. The maximum absolute atomic E-state index is 2.25. The number of aryl methyl sites for hydroxylation is 2. The smallest absolute Gasteiger partial charge is 0.0119 e. The van der Waals surface area contributed by atoms with Crippen molar-refractivity contribution in [3.63, 3.8) is 0 Å². The summed E-state index contributed by atoms with van der Waals surface area (Å²) in [6.07, 6.45) is 2.52. The number of benzene rings is 2. The summed E-state index contributed by atoms with van der Waals surface area (Å²) in [5.74, 6) is 0. The van der Waals surface area contributed by atoms with Crippen LogP contribution in [0.4, 0.5) is 0 Å². The van der Waals surface area contributed by atoms with Gasteiger partial charge in [-0.15, -0.1) is 0 Å². The Hall–Kier alpha value is -1.82. The third kappa shape index (κ3) is 2.24. The van der Waals surface area contributed by atoms with Gasteiger partial charge >= 0.3 is 0 Å². The molecule has 1 aliphatic carbocycles. The van der Waals surface area contributed by atoms with E-state index in [0.29, 0.717) is 0 Å². The van der Waals surface area contributed by atoms with E-state index < -0.39 is 0 Å². The molecule has 3 rings (SSSR count). The maximum Gasteiger partial charge on any atom is -0.0119 e. The van der Waals surface area contributed by atoms with Gasteiger partial charge in [0, 0.05) is 0 Å². The van der Waals surface area contributed by atoms with E-state index in [1.807, 2.05) is 0 Å². The van der Waals surface area contributed by atoms with Crippen LogP contribution in [0.15, 0.2) is 54.1 Å². The molecule has 0 radical (unpaired) electrons. The molecule has 90 valence electrons. The molecule has 2 aromatic carbocycles. The predicted molar refractivity (Wildman–Crippen MR) is 77.6 cm³/mol. The van der Waals surface area contributed by atoms with Crippen LogP contribution in [-0.2, 0) is 0 Å². The molecule has 1 saturated carbocycles. The average Bonchev–Trinajstić information content (AvgIpc) is 3.19. The Morgan fingerprint density at radius 3 is 1.39 bits per heavy atom. The van der Waals surface area contributed by atoms with Crippen molar-refractivity contribution in [2.45, 2.75) is 26.7 Å². The minimum Gasteiger partial charge on any atom is -0.0611 e. The number of hydrogen-bond acceptors (Lipinski definition) is 0. The topological polar surface area (TPSA) is 0 Å². The fraction of sp³-hybridized carbons (Fsp3) is 0.222. The van der Waals surface area contributed by atoms with Gasteiger partial charge in [-0.3, -0.25) is 0 Å². The molecule has 0 bridgehead atoms. The van der Waals surface area contributed by atoms with Gasteiger partial charge in [-0.2, -0.15) is 0 Å². The summed E-state index contributed by atoms with van der Waals surface area (Å²) in [5, 5.41) is 0. The lowest BCUT2D eigenvalue weighted by atomic mass is 9.95. The van der Waals surface area contributed by atoms with Crippen LogP contribution in [0.25, 0.3) is 5.57 Å². The minimum absolute atomic E-state index is 1.26. The first-order chi connectivity index (χ1) is 8.74. The van der Waals surface area contributed by atoms with Crippen LogP contribution < -0.4 is 0 Å². The monoisotopic (exact) mass is 234 g/mol. The van der Waals surface area contributed by atoms with Crippen molar-refractivity contribution in [3.8, 4) is 0 Å². The Labute approximate surface area is 109 Å². The van der Waals surface area contributed by atoms with Crippen molar-refractivity contribution in [3.05, 3.63) is 76.4 Å². The van der Waals surface area contributed by atoms with Crippen LogP contribution in [0.1, 0.15) is 35.1 Å². The third-order valence-corrected chi connectivity index (χ3v) is 3.53. The molecule has 0 atom stereocenters. The zero-order valence-corrected chi connectivity index (χ0v) is 11.0. The Morgan fingerprint density at radius 2 is 1.06 bits per heavy atom. The van der Waals surface area contributed by atoms with Crippen LogP contribution >= 0.6 is 0 Å². The summed E-state index contributed by atoms with van der Waals surface area (Å²) in [4.78, 5) is 0. The van der Waals surface area contributed by atoms with Crippen molar-refractivity contribution < 1.29 is 0 Å². The van der Waals surface area contributed by atoms with E-state index in [1.54, 1.807) is 5.57 Å². The van der Waals surface area contributed by atoms with Crippen molar-refractivity contribution in [2.75, 3.05) is 0 Å². The fourth-order valence-corrected chi connectivity index (χ4v) is 2.33. The molecule has 0 amide bonds. The molecule has 0 nitrogen and oxygen atoms in total. The average molecular weight is 234 g/mol. The molecule has 0 aromatic heterocycles. The van der Waals surface area contributed by atoms with Gasteiger partial charge in [0.2, 0.25) is 0 Å². The number of rotatable bonds is 2. The van der Waals surface area contributed by atoms with Gasteiger partial charge in [0.05, 0.1) is 0 Å². The Bertz CT molecular complexity index is 529. The largest absolute Gasteiger partial charge is 0.0611 e. The lowest BCUT2D eigenvalue weighted by Crippen LogP contribution is -1.89. The van der Waals surface area contributed by atoms with E-state index in [0.717, 1.165) is 0 Å². The van der Waals surface area contributed by atoms with E-state index in [1.165, 1.54) is 40.7 Å². The van der Waals surface area contributed by atoms with Crippen molar-refractivity contribution in [1.29, 1.82) is 0 Å². The molecule has 1 fully saturated rings. The van der Waals surface area contributed by atoms with Gasteiger partial charge in [-0.05, 0) is 43.4 Å². The van der Waals surface area contributed by atoms with Gasteiger partial charge in [-0.25, -0.2) is 0 Å². The first-order valence-electron chi connectivity index (χ1n) is 6.60. The normalized spacial score (nSPS) is 13.6. The summed E-state index contributed by atoms with van der Waals surface area (Å²) in [6.45, 7) is 4.28. The molecular weight excluding hydrogens is 216 g/mol. The molecule has 0 N–H and O–H groups in total. The highest BCUT2D eigenvalue weighted by Crippen LogP contribution is 2.40. The van der Waals surface area contributed by atoms with Gasteiger partial charge in [0.15, 0.2) is 0 Å². The van der Waals surface area contributed by atoms with Gasteiger partial charge < -0.3 is 0 Å². The first-order valence-corrected chi connectivity index (χ1v) is 6.60. The van der Waals surface area contributed by atoms with Crippen LogP contribution in [-0.4, -0.2) is 0 Å².